The zero-order chi connectivity index (χ0) is 40.3. The standard InChI is InChI=1S/C47H96O9/c1-3-5-7-9-11-13-15-17-19-21-23-25-27-29-32-54-45-47(56-33-30-28-26-24-22-20-18-16-14-12-10-8-6-4-2)46-55-44-43-53-42-41-52-40-39-51-38-37-50-36-35-49-34-31-48/h47-48H,3-46H2,1-2H3. The molecule has 0 aliphatic rings. The van der Waals surface area contributed by atoms with E-state index in [1.54, 1.807) is 0 Å². The highest BCUT2D eigenvalue weighted by Gasteiger charge is 2.10. The van der Waals surface area contributed by atoms with Gasteiger partial charge in [0.1, 0.15) is 6.10 Å². The van der Waals surface area contributed by atoms with Gasteiger partial charge < -0.3 is 43.0 Å². The summed E-state index contributed by atoms with van der Waals surface area (Å²) < 4.78 is 45.6. The summed E-state index contributed by atoms with van der Waals surface area (Å²) in [6, 6.07) is 0. The van der Waals surface area contributed by atoms with Crippen LogP contribution in [0.2, 0.25) is 0 Å². The molecule has 0 saturated carbocycles. The van der Waals surface area contributed by atoms with Crippen LogP contribution in [0.15, 0.2) is 0 Å². The number of aliphatic hydroxyl groups is 1. The lowest BCUT2D eigenvalue weighted by Gasteiger charge is -2.18. The Balaban J connectivity index is 3.94. The Hall–Kier alpha value is -0.360. The first-order valence-electron chi connectivity index (χ1n) is 24.1. The van der Waals surface area contributed by atoms with E-state index in [4.69, 9.17) is 43.0 Å². The van der Waals surface area contributed by atoms with E-state index in [0.717, 1.165) is 26.1 Å². The van der Waals surface area contributed by atoms with Crippen LogP contribution in [0.25, 0.3) is 0 Å². The molecule has 0 bridgehead atoms. The molecule has 0 spiro atoms. The van der Waals surface area contributed by atoms with E-state index in [9.17, 15) is 0 Å². The molecule has 0 rings (SSSR count). The fourth-order valence-electron chi connectivity index (χ4n) is 6.68. The topological polar surface area (TPSA) is 94.1 Å². The van der Waals surface area contributed by atoms with E-state index in [1.165, 1.54) is 167 Å². The van der Waals surface area contributed by atoms with Crippen molar-refractivity contribution in [1.82, 2.24) is 0 Å². The zero-order valence-corrected chi connectivity index (χ0v) is 37.4. The molecule has 0 fully saturated rings. The molecule has 0 aliphatic carbocycles. The Morgan fingerprint density at radius 2 is 0.518 bits per heavy atom. The second kappa shape index (κ2) is 52.7. The van der Waals surface area contributed by atoms with E-state index in [-0.39, 0.29) is 12.7 Å². The van der Waals surface area contributed by atoms with Crippen LogP contribution >= 0.6 is 0 Å². The molecule has 0 aliphatic heterocycles. The molecule has 0 heterocycles. The van der Waals surface area contributed by atoms with E-state index in [2.05, 4.69) is 13.8 Å². The van der Waals surface area contributed by atoms with Crippen LogP contribution in [0, 0.1) is 0 Å². The van der Waals surface area contributed by atoms with Crippen molar-refractivity contribution in [3.05, 3.63) is 0 Å². The van der Waals surface area contributed by atoms with Crippen LogP contribution in [-0.2, 0) is 37.9 Å². The first-order chi connectivity index (χ1) is 27.8. The molecular weight excluding hydrogens is 709 g/mol. The van der Waals surface area contributed by atoms with Crippen molar-refractivity contribution in [3.63, 3.8) is 0 Å². The Bertz CT molecular complexity index is 672. The molecule has 56 heavy (non-hydrogen) atoms. The number of rotatable bonds is 52. The first kappa shape index (κ1) is 55.6. The molecule has 0 aromatic rings. The van der Waals surface area contributed by atoms with Crippen molar-refractivity contribution in [2.24, 2.45) is 0 Å². The smallest absolute Gasteiger partial charge is 0.104 e. The Labute approximate surface area is 347 Å². The minimum Gasteiger partial charge on any atom is -0.394 e. The third-order valence-electron chi connectivity index (χ3n) is 10.2. The van der Waals surface area contributed by atoms with Crippen LogP contribution in [0.5, 0.6) is 0 Å². The van der Waals surface area contributed by atoms with Crippen LogP contribution in [0.1, 0.15) is 194 Å². The third-order valence-corrected chi connectivity index (χ3v) is 10.2. The van der Waals surface area contributed by atoms with Gasteiger partial charge >= 0.3 is 0 Å². The fraction of sp³-hybridized carbons (Fsp3) is 1.00. The van der Waals surface area contributed by atoms with Crippen molar-refractivity contribution in [1.29, 1.82) is 0 Å². The predicted octanol–water partition coefficient (Wildman–Crippen LogP) is 11.4. The van der Waals surface area contributed by atoms with Gasteiger partial charge in [-0.15, -0.1) is 0 Å². The van der Waals surface area contributed by atoms with Crippen molar-refractivity contribution >= 4 is 0 Å². The largest absolute Gasteiger partial charge is 0.394 e. The van der Waals surface area contributed by atoms with Gasteiger partial charge in [0, 0.05) is 13.2 Å². The average Bonchev–Trinajstić information content (AvgIpc) is 3.21. The molecule has 0 radical (unpaired) electrons. The molecule has 0 aromatic carbocycles. The molecule has 9 nitrogen and oxygen atoms in total. The molecule has 0 amide bonds. The minimum absolute atomic E-state index is 0.0306. The van der Waals surface area contributed by atoms with E-state index in [0.29, 0.717) is 85.9 Å². The van der Waals surface area contributed by atoms with E-state index in [1.807, 2.05) is 0 Å². The van der Waals surface area contributed by atoms with Gasteiger partial charge in [-0.05, 0) is 12.8 Å². The number of aliphatic hydroxyl groups excluding tert-OH is 1. The lowest BCUT2D eigenvalue weighted by atomic mass is 10.0. The lowest BCUT2D eigenvalue weighted by molar-refractivity contribution is -0.0702. The van der Waals surface area contributed by atoms with Gasteiger partial charge in [-0.3, -0.25) is 0 Å². The lowest BCUT2D eigenvalue weighted by Crippen LogP contribution is -2.27. The average molecular weight is 805 g/mol. The predicted molar refractivity (Wildman–Crippen MR) is 233 cm³/mol. The number of ether oxygens (including phenoxy) is 8. The quantitative estimate of drug-likeness (QED) is 0.0603. The molecule has 1 N–H and O–H groups in total. The highest BCUT2D eigenvalue weighted by atomic mass is 16.6. The number of unbranched alkanes of at least 4 members (excludes halogenated alkanes) is 26. The molecule has 0 saturated heterocycles. The summed E-state index contributed by atoms with van der Waals surface area (Å²) in [6.07, 6.45) is 38.2. The molecule has 338 valence electrons. The monoisotopic (exact) mass is 805 g/mol. The molecule has 1 atom stereocenters. The molecule has 1 unspecified atom stereocenters. The number of hydrogen-bond acceptors (Lipinski definition) is 9. The third kappa shape index (κ3) is 49.8. The highest BCUT2D eigenvalue weighted by molar-refractivity contribution is 4.58. The van der Waals surface area contributed by atoms with Crippen molar-refractivity contribution in [2.45, 2.75) is 200 Å². The van der Waals surface area contributed by atoms with Crippen LogP contribution in [0.3, 0.4) is 0 Å². The minimum atomic E-state index is -0.0306. The van der Waals surface area contributed by atoms with Gasteiger partial charge in [0.05, 0.1) is 92.5 Å². The summed E-state index contributed by atoms with van der Waals surface area (Å²) in [5, 5.41) is 8.66. The summed E-state index contributed by atoms with van der Waals surface area (Å²) in [4.78, 5) is 0. The maximum absolute atomic E-state index is 8.66. The Morgan fingerprint density at radius 1 is 0.268 bits per heavy atom. The summed E-state index contributed by atoms with van der Waals surface area (Å²) >= 11 is 0. The fourth-order valence-corrected chi connectivity index (χ4v) is 6.68. The van der Waals surface area contributed by atoms with Gasteiger partial charge in [-0.25, -0.2) is 0 Å². The summed E-state index contributed by atoms with van der Waals surface area (Å²) in [5.41, 5.74) is 0. The summed E-state index contributed by atoms with van der Waals surface area (Å²) in [7, 11) is 0. The van der Waals surface area contributed by atoms with Gasteiger partial charge in [0.2, 0.25) is 0 Å². The van der Waals surface area contributed by atoms with Gasteiger partial charge in [0.15, 0.2) is 0 Å². The van der Waals surface area contributed by atoms with Crippen LogP contribution in [0.4, 0.5) is 0 Å². The summed E-state index contributed by atoms with van der Waals surface area (Å²) in [5.74, 6) is 0. The number of hydrogen-bond donors (Lipinski definition) is 1. The SMILES string of the molecule is CCCCCCCCCCCCCCCCOCC(COCCOCCOCCOCCOCCOCCO)OCCCCCCCCCCCCCCCC. The molecular formula is C47H96O9. The second-order valence-electron chi connectivity index (χ2n) is 15.6. The van der Waals surface area contributed by atoms with Crippen LogP contribution < -0.4 is 0 Å². The van der Waals surface area contributed by atoms with Crippen molar-refractivity contribution in [3.8, 4) is 0 Å². The molecule has 0 aromatic heterocycles. The van der Waals surface area contributed by atoms with Gasteiger partial charge in [-0.1, -0.05) is 181 Å². The van der Waals surface area contributed by atoms with Crippen molar-refractivity contribution in [2.75, 3.05) is 106 Å². The molecule has 9 heteroatoms. The maximum Gasteiger partial charge on any atom is 0.104 e. The summed E-state index contributed by atoms with van der Waals surface area (Å²) in [6.45, 7) is 12.9. The van der Waals surface area contributed by atoms with Crippen LogP contribution in [-0.4, -0.2) is 117 Å². The normalized spacial score (nSPS) is 12.3. The van der Waals surface area contributed by atoms with E-state index < -0.39 is 0 Å². The van der Waals surface area contributed by atoms with E-state index >= 15 is 0 Å². The highest BCUT2D eigenvalue weighted by Crippen LogP contribution is 2.15. The van der Waals surface area contributed by atoms with Gasteiger partial charge in [0.25, 0.3) is 0 Å². The zero-order valence-electron chi connectivity index (χ0n) is 37.4. The first-order valence-corrected chi connectivity index (χ1v) is 24.1. The van der Waals surface area contributed by atoms with Crippen molar-refractivity contribution < 1.29 is 43.0 Å². The Kier molecular flexibility index (Phi) is 52.3. The van der Waals surface area contributed by atoms with Gasteiger partial charge in [-0.2, -0.15) is 0 Å². The maximum atomic E-state index is 8.66. The second-order valence-corrected chi connectivity index (χ2v) is 15.6. The Morgan fingerprint density at radius 3 is 0.839 bits per heavy atom.